The number of carbonyl (C=O) groups is 2. The number of halogens is 1. The minimum absolute atomic E-state index is 0.0338. The Hall–Kier alpha value is -1.91. The molecule has 1 aromatic carbocycles. The number of nitrogens with two attached hydrogens (primary N) is 1. The van der Waals surface area contributed by atoms with Crippen LogP contribution in [0.2, 0.25) is 0 Å². The molecule has 1 heterocycles. The van der Waals surface area contributed by atoms with E-state index in [2.05, 4.69) is 0 Å². The number of hydrogen-bond acceptors (Lipinski definition) is 2. The van der Waals surface area contributed by atoms with Crippen molar-refractivity contribution in [1.29, 1.82) is 0 Å². The molecule has 23 heavy (non-hydrogen) atoms. The third-order valence-electron chi connectivity index (χ3n) is 5.35. The van der Waals surface area contributed by atoms with Crippen molar-refractivity contribution in [2.45, 2.75) is 43.9 Å². The number of amides is 2. The Morgan fingerprint density at radius 1 is 1.22 bits per heavy atom. The number of benzene rings is 1. The van der Waals surface area contributed by atoms with Gasteiger partial charge in [0.2, 0.25) is 11.8 Å². The van der Waals surface area contributed by atoms with Crippen molar-refractivity contribution < 1.29 is 14.0 Å². The Labute approximate surface area is 135 Å². The van der Waals surface area contributed by atoms with Gasteiger partial charge < -0.3 is 10.6 Å². The van der Waals surface area contributed by atoms with Gasteiger partial charge in [0.15, 0.2) is 0 Å². The lowest BCUT2D eigenvalue weighted by Gasteiger charge is -2.38. The number of rotatable bonds is 3. The maximum absolute atomic E-state index is 13.7. The number of likely N-dealkylation sites (tertiary alicyclic amines) is 1. The molecule has 0 radical (unpaired) electrons. The van der Waals surface area contributed by atoms with E-state index >= 15 is 0 Å². The van der Waals surface area contributed by atoms with Gasteiger partial charge in [0, 0.05) is 13.1 Å². The molecule has 0 aromatic heterocycles. The van der Waals surface area contributed by atoms with Gasteiger partial charge >= 0.3 is 0 Å². The molecule has 1 saturated carbocycles. The molecule has 0 spiro atoms. The average Bonchev–Trinajstić information content (AvgIpc) is 3.05. The summed E-state index contributed by atoms with van der Waals surface area (Å²) in [6.07, 6.45) is 4.95. The minimum Gasteiger partial charge on any atom is -0.369 e. The first-order valence-corrected chi connectivity index (χ1v) is 8.38. The highest BCUT2D eigenvalue weighted by Gasteiger charge is 2.46. The summed E-state index contributed by atoms with van der Waals surface area (Å²) >= 11 is 0. The minimum atomic E-state index is -0.637. The molecule has 5 heteroatoms. The third-order valence-corrected chi connectivity index (χ3v) is 5.35. The van der Waals surface area contributed by atoms with Crippen LogP contribution in [0.15, 0.2) is 24.3 Å². The van der Waals surface area contributed by atoms with Crippen LogP contribution in [0.3, 0.4) is 0 Å². The summed E-state index contributed by atoms with van der Waals surface area (Å²) in [5, 5.41) is 0. The predicted molar refractivity (Wildman–Crippen MR) is 85.0 cm³/mol. The second-order valence-electron chi connectivity index (χ2n) is 6.79. The van der Waals surface area contributed by atoms with Gasteiger partial charge in [0.25, 0.3) is 0 Å². The predicted octanol–water partition coefficient (Wildman–Crippen LogP) is 2.36. The second-order valence-corrected chi connectivity index (χ2v) is 6.79. The molecule has 1 aromatic rings. The molecule has 2 N–H and O–H groups in total. The Morgan fingerprint density at radius 3 is 2.61 bits per heavy atom. The summed E-state index contributed by atoms with van der Waals surface area (Å²) in [4.78, 5) is 26.5. The Kier molecular flexibility index (Phi) is 4.37. The Morgan fingerprint density at radius 2 is 1.96 bits per heavy atom. The topological polar surface area (TPSA) is 63.4 Å². The first kappa shape index (κ1) is 16.0. The van der Waals surface area contributed by atoms with Crippen LogP contribution in [0.1, 0.15) is 44.1 Å². The smallest absolute Gasteiger partial charge is 0.233 e. The van der Waals surface area contributed by atoms with Crippen LogP contribution in [0, 0.1) is 11.7 Å². The van der Waals surface area contributed by atoms with Crippen molar-refractivity contribution in [3.05, 3.63) is 35.6 Å². The SMILES string of the molecule is NC(=O)C1CCCN(C(=O)C2(c3cccc(F)c3)CCCC2)C1. The standard InChI is InChI=1S/C18H23FN2O2/c19-15-7-3-6-14(11-15)18(8-1-2-9-18)17(23)21-10-4-5-13(12-21)16(20)22/h3,6-7,11,13H,1-2,4-5,8-10,12H2,(H2,20,22). The number of primary amides is 1. The van der Waals surface area contributed by atoms with E-state index in [-0.39, 0.29) is 23.5 Å². The first-order valence-electron chi connectivity index (χ1n) is 8.38. The summed E-state index contributed by atoms with van der Waals surface area (Å²) < 4.78 is 13.7. The summed E-state index contributed by atoms with van der Waals surface area (Å²) in [6, 6.07) is 6.40. The Bertz CT molecular complexity index is 611. The van der Waals surface area contributed by atoms with E-state index in [4.69, 9.17) is 5.73 Å². The molecule has 3 rings (SSSR count). The van der Waals surface area contributed by atoms with E-state index in [1.165, 1.54) is 12.1 Å². The van der Waals surface area contributed by atoms with Gasteiger partial charge in [-0.1, -0.05) is 25.0 Å². The monoisotopic (exact) mass is 318 g/mol. The average molecular weight is 318 g/mol. The van der Waals surface area contributed by atoms with Crippen molar-refractivity contribution in [2.75, 3.05) is 13.1 Å². The van der Waals surface area contributed by atoms with Crippen LogP contribution in [0.25, 0.3) is 0 Å². The first-order chi connectivity index (χ1) is 11.0. The molecular formula is C18H23FN2O2. The number of piperidine rings is 1. The van der Waals surface area contributed by atoms with Crippen molar-refractivity contribution >= 4 is 11.8 Å². The van der Waals surface area contributed by atoms with E-state index in [1.54, 1.807) is 11.0 Å². The second kappa shape index (κ2) is 6.30. The lowest BCUT2D eigenvalue weighted by molar-refractivity contribution is -0.140. The Balaban J connectivity index is 1.89. The van der Waals surface area contributed by atoms with E-state index in [0.29, 0.717) is 13.1 Å². The van der Waals surface area contributed by atoms with E-state index in [0.717, 1.165) is 44.1 Å². The molecule has 1 unspecified atom stereocenters. The van der Waals surface area contributed by atoms with Crippen LogP contribution < -0.4 is 5.73 Å². The summed E-state index contributed by atoms with van der Waals surface area (Å²) in [7, 11) is 0. The zero-order chi connectivity index (χ0) is 16.4. The van der Waals surface area contributed by atoms with E-state index < -0.39 is 5.41 Å². The van der Waals surface area contributed by atoms with Gasteiger partial charge in [-0.15, -0.1) is 0 Å². The summed E-state index contributed by atoms with van der Waals surface area (Å²) in [5.41, 5.74) is 5.55. The van der Waals surface area contributed by atoms with Crippen molar-refractivity contribution in [2.24, 2.45) is 11.7 Å². The lowest BCUT2D eigenvalue weighted by Crippen LogP contribution is -2.51. The number of carbonyl (C=O) groups excluding carboxylic acids is 2. The van der Waals surface area contributed by atoms with Crippen LogP contribution in [0.5, 0.6) is 0 Å². The molecule has 1 aliphatic heterocycles. The fraction of sp³-hybridized carbons (Fsp3) is 0.556. The molecule has 0 bridgehead atoms. The largest absolute Gasteiger partial charge is 0.369 e. The van der Waals surface area contributed by atoms with Gasteiger partial charge in [0.1, 0.15) is 5.82 Å². The van der Waals surface area contributed by atoms with Gasteiger partial charge in [0.05, 0.1) is 11.3 Å². The van der Waals surface area contributed by atoms with Gasteiger partial charge in [-0.2, -0.15) is 0 Å². The molecule has 2 fully saturated rings. The van der Waals surface area contributed by atoms with Crippen LogP contribution >= 0.6 is 0 Å². The van der Waals surface area contributed by atoms with Crippen LogP contribution in [0.4, 0.5) is 4.39 Å². The quantitative estimate of drug-likeness (QED) is 0.930. The molecular weight excluding hydrogens is 295 g/mol. The van der Waals surface area contributed by atoms with Crippen molar-refractivity contribution in [3.63, 3.8) is 0 Å². The molecule has 4 nitrogen and oxygen atoms in total. The van der Waals surface area contributed by atoms with Gasteiger partial charge in [-0.3, -0.25) is 9.59 Å². The fourth-order valence-electron chi connectivity index (χ4n) is 4.09. The molecule has 1 aliphatic carbocycles. The molecule has 1 atom stereocenters. The molecule has 1 saturated heterocycles. The molecule has 124 valence electrons. The third kappa shape index (κ3) is 2.96. The highest BCUT2D eigenvalue weighted by atomic mass is 19.1. The lowest BCUT2D eigenvalue weighted by atomic mass is 9.77. The van der Waals surface area contributed by atoms with E-state index in [1.807, 2.05) is 6.07 Å². The molecule has 2 amide bonds. The zero-order valence-electron chi connectivity index (χ0n) is 13.3. The highest BCUT2D eigenvalue weighted by molar-refractivity contribution is 5.89. The van der Waals surface area contributed by atoms with E-state index in [9.17, 15) is 14.0 Å². The van der Waals surface area contributed by atoms with Crippen LogP contribution in [-0.4, -0.2) is 29.8 Å². The highest BCUT2D eigenvalue weighted by Crippen LogP contribution is 2.43. The molecule has 2 aliphatic rings. The zero-order valence-corrected chi connectivity index (χ0v) is 13.3. The number of nitrogens with zero attached hydrogens (tertiary/aromatic N) is 1. The summed E-state index contributed by atoms with van der Waals surface area (Å²) in [6.45, 7) is 1.05. The van der Waals surface area contributed by atoms with Crippen molar-refractivity contribution in [3.8, 4) is 0 Å². The maximum atomic E-state index is 13.7. The van der Waals surface area contributed by atoms with Gasteiger partial charge in [-0.05, 0) is 43.4 Å². The maximum Gasteiger partial charge on any atom is 0.233 e. The summed E-state index contributed by atoms with van der Waals surface area (Å²) in [5.74, 6) is -0.880. The van der Waals surface area contributed by atoms with Gasteiger partial charge in [-0.25, -0.2) is 4.39 Å². The number of hydrogen-bond donors (Lipinski definition) is 1. The van der Waals surface area contributed by atoms with Crippen LogP contribution in [-0.2, 0) is 15.0 Å². The normalized spacial score (nSPS) is 23.7. The van der Waals surface area contributed by atoms with Crippen molar-refractivity contribution in [1.82, 2.24) is 4.90 Å². The fourth-order valence-corrected chi connectivity index (χ4v) is 4.09.